The summed E-state index contributed by atoms with van der Waals surface area (Å²) in [6.07, 6.45) is 0. The summed E-state index contributed by atoms with van der Waals surface area (Å²) in [5.74, 6) is 0.835. The van der Waals surface area contributed by atoms with Gasteiger partial charge in [-0.3, -0.25) is 0 Å². The highest BCUT2D eigenvalue weighted by Crippen LogP contribution is 2.35. The van der Waals surface area contributed by atoms with Crippen LogP contribution in [0.2, 0.25) is 0 Å². The number of hydrogen-bond donors (Lipinski definition) is 0. The second-order valence-electron chi connectivity index (χ2n) is 3.85. The largest absolute Gasteiger partial charge is 0.493 e. The fraction of sp³-hybridized carbons (Fsp3) is 0.600. The van der Waals surface area contributed by atoms with Crippen molar-refractivity contribution in [2.75, 3.05) is 6.61 Å². The average molecular weight is 152 g/mol. The van der Waals surface area contributed by atoms with Crippen LogP contribution in [-0.2, 0) is 4.74 Å². The Balaban J connectivity index is 3.07. The van der Waals surface area contributed by atoms with Crippen molar-refractivity contribution in [1.82, 2.24) is 0 Å². The van der Waals surface area contributed by atoms with E-state index < -0.39 is 0 Å². The van der Waals surface area contributed by atoms with Gasteiger partial charge in [0.05, 0.1) is 6.61 Å². The van der Waals surface area contributed by atoms with E-state index in [-0.39, 0.29) is 5.41 Å². The van der Waals surface area contributed by atoms with E-state index in [0.29, 0.717) is 0 Å². The van der Waals surface area contributed by atoms with E-state index in [4.69, 9.17) is 4.74 Å². The monoisotopic (exact) mass is 152 g/mol. The molecule has 1 aliphatic rings. The van der Waals surface area contributed by atoms with Crippen molar-refractivity contribution in [3.05, 3.63) is 23.5 Å². The molecule has 62 valence electrons. The third kappa shape index (κ3) is 1.32. The zero-order chi connectivity index (χ0) is 8.65. The molecule has 0 amide bonds. The van der Waals surface area contributed by atoms with Crippen molar-refractivity contribution in [2.45, 2.75) is 27.7 Å². The van der Waals surface area contributed by atoms with Crippen molar-refractivity contribution in [3.63, 3.8) is 0 Å². The van der Waals surface area contributed by atoms with E-state index in [9.17, 15) is 0 Å². The average Bonchev–Trinajstić information content (AvgIpc) is 1.95. The van der Waals surface area contributed by atoms with Crippen molar-refractivity contribution in [1.29, 1.82) is 0 Å². The van der Waals surface area contributed by atoms with E-state index in [2.05, 4.69) is 34.3 Å². The molecule has 0 fully saturated rings. The fourth-order valence-corrected chi connectivity index (χ4v) is 1.20. The van der Waals surface area contributed by atoms with Gasteiger partial charge in [-0.25, -0.2) is 0 Å². The molecule has 0 spiro atoms. The van der Waals surface area contributed by atoms with Crippen LogP contribution in [-0.4, -0.2) is 6.61 Å². The minimum absolute atomic E-state index is 0.186. The summed E-state index contributed by atoms with van der Waals surface area (Å²) in [5.41, 5.74) is 2.79. The maximum atomic E-state index is 5.42. The molecule has 0 aromatic heterocycles. The van der Waals surface area contributed by atoms with Gasteiger partial charge in [-0.2, -0.15) is 0 Å². The van der Waals surface area contributed by atoms with Gasteiger partial charge >= 0.3 is 0 Å². The van der Waals surface area contributed by atoms with E-state index in [1.807, 2.05) is 0 Å². The van der Waals surface area contributed by atoms with Gasteiger partial charge in [0.2, 0.25) is 0 Å². The molecule has 11 heavy (non-hydrogen) atoms. The lowest BCUT2D eigenvalue weighted by atomic mass is 9.81. The molecule has 0 aromatic rings. The molecule has 1 rings (SSSR count). The van der Waals surface area contributed by atoms with E-state index >= 15 is 0 Å². The van der Waals surface area contributed by atoms with Gasteiger partial charge in [0.25, 0.3) is 0 Å². The first kappa shape index (κ1) is 8.38. The topological polar surface area (TPSA) is 9.23 Å². The zero-order valence-electron chi connectivity index (χ0n) is 7.82. The van der Waals surface area contributed by atoms with Crippen LogP contribution in [0.15, 0.2) is 23.5 Å². The Bertz CT molecular complexity index is 221. The molecule has 0 aliphatic carbocycles. The molecule has 0 atom stereocenters. The summed E-state index contributed by atoms with van der Waals surface area (Å²) >= 11 is 0. The second-order valence-corrected chi connectivity index (χ2v) is 3.85. The van der Waals surface area contributed by atoms with Crippen molar-refractivity contribution in [2.24, 2.45) is 5.41 Å². The highest BCUT2D eigenvalue weighted by molar-refractivity contribution is 5.32. The van der Waals surface area contributed by atoms with Crippen LogP contribution in [0.3, 0.4) is 0 Å². The summed E-state index contributed by atoms with van der Waals surface area (Å²) in [6, 6.07) is 0. The van der Waals surface area contributed by atoms with E-state index in [1.54, 1.807) is 0 Å². The molecule has 0 N–H and O–H groups in total. The van der Waals surface area contributed by atoms with Crippen LogP contribution in [0.5, 0.6) is 0 Å². The van der Waals surface area contributed by atoms with Gasteiger partial charge in [-0.1, -0.05) is 26.0 Å². The van der Waals surface area contributed by atoms with Gasteiger partial charge in [-0.15, -0.1) is 0 Å². The second kappa shape index (κ2) is 2.40. The molecule has 0 aromatic carbocycles. The van der Waals surface area contributed by atoms with Crippen molar-refractivity contribution < 1.29 is 4.74 Å². The van der Waals surface area contributed by atoms with Crippen molar-refractivity contribution in [3.8, 4) is 0 Å². The number of ether oxygens (including phenoxy) is 1. The third-order valence-electron chi connectivity index (χ3n) is 2.60. The Kier molecular flexibility index (Phi) is 1.83. The Morgan fingerprint density at radius 2 is 1.91 bits per heavy atom. The minimum Gasteiger partial charge on any atom is -0.493 e. The number of rotatable bonds is 0. The number of allylic oxidation sites excluding steroid dienone is 1. The molecule has 0 bridgehead atoms. The third-order valence-corrected chi connectivity index (χ3v) is 2.60. The molecule has 0 unspecified atom stereocenters. The first-order valence-electron chi connectivity index (χ1n) is 3.95. The maximum Gasteiger partial charge on any atom is 0.115 e. The zero-order valence-corrected chi connectivity index (χ0v) is 7.82. The van der Waals surface area contributed by atoms with Gasteiger partial charge in [0.15, 0.2) is 0 Å². The SMILES string of the molecule is C=C1OCC(C)(C)C(C)=C1C. The van der Waals surface area contributed by atoms with Crippen LogP contribution in [0, 0.1) is 5.41 Å². The van der Waals surface area contributed by atoms with Crippen LogP contribution in [0.1, 0.15) is 27.7 Å². The molecule has 1 heteroatoms. The Morgan fingerprint density at radius 1 is 1.36 bits per heavy atom. The molecular weight excluding hydrogens is 136 g/mol. The van der Waals surface area contributed by atoms with Crippen LogP contribution in [0.25, 0.3) is 0 Å². The van der Waals surface area contributed by atoms with Crippen LogP contribution >= 0.6 is 0 Å². The van der Waals surface area contributed by atoms with Crippen LogP contribution < -0.4 is 0 Å². The highest BCUT2D eigenvalue weighted by atomic mass is 16.5. The quantitative estimate of drug-likeness (QED) is 0.518. The molecule has 1 aliphatic heterocycles. The predicted octanol–water partition coefficient (Wildman–Crippen LogP) is 2.89. The normalized spacial score (nSPS) is 23.5. The highest BCUT2D eigenvalue weighted by Gasteiger charge is 2.27. The summed E-state index contributed by atoms with van der Waals surface area (Å²) in [7, 11) is 0. The molecule has 0 saturated heterocycles. The van der Waals surface area contributed by atoms with E-state index in [0.717, 1.165) is 12.4 Å². The maximum absolute atomic E-state index is 5.42. The lowest BCUT2D eigenvalue weighted by molar-refractivity contribution is 0.126. The summed E-state index contributed by atoms with van der Waals surface area (Å²) in [4.78, 5) is 0. The summed E-state index contributed by atoms with van der Waals surface area (Å²) in [5, 5.41) is 0. The molecule has 0 saturated carbocycles. The first-order chi connectivity index (χ1) is 4.95. The molecule has 1 heterocycles. The van der Waals surface area contributed by atoms with Gasteiger partial charge in [0.1, 0.15) is 5.76 Å². The Hall–Kier alpha value is -0.720. The summed E-state index contributed by atoms with van der Waals surface area (Å²) < 4.78 is 5.42. The van der Waals surface area contributed by atoms with Crippen molar-refractivity contribution >= 4 is 0 Å². The van der Waals surface area contributed by atoms with Gasteiger partial charge in [-0.05, 0) is 19.4 Å². The summed E-state index contributed by atoms with van der Waals surface area (Å²) in [6.45, 7) is 13.2. The first-order valence-corrected chi connectivity index (χ1v) is 3.95. The Morgan fingerprint density at radius 3 is 2.36 bits per heavy atom. The predicted molar refractivity (Wildman–Crippen MR) is 47.2 cm³/mol. The minimum atomic E-state index is 0.186. The smallest absolute Gasteiger partial charge is 0.115 e. The molecule has 0 radical (unpaired) electrons. The molecular formula is C10H16O. The molecule has 1 nitrogen and oxygen atoms in total. The fourth-order valence-electron chi connectivity index (χ4n) is 1.20. The number of hydrogen-bond acceptors (Lipinski definition) is 1. The lowest BCUT2D eigenvalue weighted by Crippen LogP contribution is -2.26. The standard InChI is InChI=1S/C10H16O/c1-7-8(2)10(4,5)6-11-9(7)3/h3,6H2,1-2,4-5H3. The van der Waals surface area contributed by atoms with Crippen LogP contribution in [0.4, 0.5) is 0 Å². The Labute approximate surface area is 68.8 Å². The van der Waals surface area contributed by atoms with Gasteiger partial charge < -0.3 is 4.74 Å². The van der Waals surface area contributed by atoms with E-state index in [1.165, 1.54) is 11.1 Å². The lowest BCUT2D eigenvalue weighted by Gasteiger charge is -2.33. The van der Waals surface area contributed by atoms with Gasteiger partial charge in [0, 0.05) is 5.41 Å².